The van der Waals surface area contributed by atoms with Gasteiger partial charge in [-0.25, -0.2) is 0 Å². The summed E-state index contributed by atoms with van der Waals surface area (Å²) in [5.41, 5.74) is 0.558. The minimum absolute atomic E-state index is 0.00460. The average Bonchev–Trinajstić information content (AvgIpc) is 3.81. The van der Waals surface area contributed by atoms with E-state index in [0.29, 0.717) is 0 Å². The van der Waals surface area contributed by atoms with E-state index in [1.54, 1.807) is 0 Å². The zero-order chi connectivity index (χ0) is 45.4. The Morgan fingerprint density at radius 1 is 0.847 bits per heavy atom. The fourth-order valence-electron chi connectivity index (χ4n) is 9.14. The van der Waals surface area contributed by atoms with Gasteiger partial charge in [-0.2, -0.15) is 39.5 Å². The molecule has 338 valence electrons. The third kappa shape index (κ3) is 9.21. The van der Waals surface area contributed by atoms with Crippen LogP contribution in [0.4, 0.5) is 39.5 Å². The summed E-state index contributed by atoms with van der Waals surface area (Å²) in [5.74, 6) is -21.7. The minimum atomic E-state index is -7.15. The van der Waals surface area contributed by atoms with Crippen molar-refractivity contribution in [2.24, 2.45) is 28.6 Å². The second-order valence-electron chi connectivity index (χ2n) is 21.3. The quantitative estimate of drug-likeness (QED) is 0.114. The summed E-state index contributed by atoms with van der Waals surface area (Å²) in [6.45, 7) is 31.0. The topological polar surface area (TPSA) is 55.8 Å². The molecule has 0 aromatic heterocycles. The molecule has 0 aromatic rings. The first kappa shape index (κ1) is 50.0. The number of hydrogen-bond donors (Lipinski definition) is 1. The van der Waals surface area contributed by atoms with E-state index < -0.39 is 70.7 Å². The van der Waals surface area contributed by atoms with Crippen molar-refractivity contribution in [3.63, 3.8) is 0 Å². The van der Waals surface area contributed by atoms with Crippen molar-refractivity contribution in [3.05, 3.63) is 47.6 Å². The summed E-state index contributed by atoms with van der Waals surface area (Å²) in [6.07, 6.45) is 0.434. The normalized spacial score (nSPS) is 30.2. The van der Waals surface area contributed by atoms with Crippen LogP contribution in [0, 0.1) is 28.6 Å². The van der Waals surface area contributed by atoms with Gasteiger partial charge in [-0.15, -0.1) is 0 Å². The number of halogens is 9. The molecule has 0 saturated heterocycles. The Labute approximate surface area is 347 Å². The Bertz CT molecular complexity index is 1680. The van der Waals surface area contributed by atoms with E-state index in [9.17, 15) is 49.4 Å². The van der Waals surface area contributed by atoms with Gasteiger partial charge < -0.3 is 14.0 Å². The standard InChI is InChI=1S/C44H67F9O4Si2/c1-27(16-21-35(54)40(23-24-40)36(55)41(45,46)42(47,48)43(49,50)44(51,52)53)32-19-20-33-29(15-14-22-39(32,33)9)17-18-30-25-31(56-58(10,11)37(3,4)5)26-34(28(30)2)57-59(12,13)38(6,7)8/h16-18,21,27,31-34,36,55H,2,14-15,19-20,22-26H2,1,3-13H3/b21-16+,29-17+,30-18-/t27-,31?,32-,33+,34?,36?,39-/m1/s1. The fourth-order valence-corrected chi connectivity index (χ4v) is 11.8. The van der Waals surface area contributed by atoms with Gasteiger partial charge in [-0.3, -0.25) is 4.79 Å². The molecular weight excluding hydrogens is 820 g/mol. The maximum absolute atomic E-state index is 14.7. The third-order valence-corrected chi connectivity index (χ3v) is 24.3. The molecule has 4 aliphatic carbocycles. The van der Waals surface area contributed by atoms with Crippen LogP contribution in [0.2, 0.25) is 36.3 Å². The van der Waals surface area contributed by atoms with E-state index >= 15 is 0 Å². The highest BCUT2D eigenvalue weighted by atomic mass is 28.4. The van der Waals surface area contributed by atoms with Crippen molar-refractivity contribution in [2.75, 3.05) is 0 Å². The summed E-state index contributed by atoms with van der Waals surface area (Å²) in [7, 11) is -4.27. The Kier molecular flexibility index (Phi) is 13.7. The van der Waals surface area contributed by atoms with E-state index in [2.05, 4.69) is 93.4 Å². The van der Waals surface area contributed by atoms with Crippen molar-refractivity contribution in [3.8, 4) is 0 Å². The van der Waals surface area contributed by atoms with Crippen LogP contribution < -0.4 is 0 Å². The van der Waals surface area contributed by atoms with Gasteiger partial charge in [-0.1, -0.05) is 85.8 Å². The minimum Gasteiger partial charge on any atom is -0.413 e. The highest BCUT2D eigenvalue weighted by molar-refractivity contribution is 6.74. The van der Waals surface area contributed by atoms with Crippen LogP contribution in [0.25, 0.3) is 0 Å². The summed E-state index contributed by atoms with van der Waals surface area (Å²) >= 11 is 0. The Hall–Kier alpha value is -1.69. The molecule has 4 rings (SSSR count). The monoisotopic (exact) mass is 886 g/mol. The van der Waals surface area contributed by atoms with Crippen LogP contribution in [0.3, 0.4) is 0 Å². The maximum atomic E-state index is 14.7. The fraction of sp³-hybridized carbons (Fsp3) is 0.795. The predicted octanol–water partition coefficient (Wildman–Crippen LogP) is 13.6. The van der Waals surface area contributed by atoms with Crippen molar-refractivity contribution < 1.29 is 58.3 Å². The zero-order valence-electron chi connectivity index (χ0n) is 36.9. The van der Waals surface area contributed by atoms with Crippen molar-refractivity contribution in [1.82, 2.24) is 0 Å². The lowest BCUT2D eigenvalue weighted by Crippen LogP contribution is -2.66. The van der Waals surface area contributed by atoms with Crippen molar-refractivity contribution in [1.29, 1.82) is 0 Å². The molecule has 0 spiro atoms. The summed E-state index contributed by atoms with van der Waals surface area (Å²) < 4.78 is 137. The molecule has 1 N–H and O–H groups in total. The molecule has 4 fully saturated rings. The van der Waals surface area contributed by atoms with Crippen molar-refractivity contribution >= 4 is 22.4 Å². The van der Waals surface area contributed by atoms with E-state index in [1.807, 2.05) is 6.92 Å². The highest BCUT2D eigenvalue weighted by Crippen LogP contribution is 2.62. The van der Waals surface area contributed by atoms with Crippen LogP contribution in [-0.2, 0) is 13.6 Å². The molecule has 4 aliphatic rings. The molecular formula is C44H67F9O4Si2. The Morgan fingerprint density at radius 2 is 1.39 bits per heavy atom. The SMILES string of the molecule is C=C1/C(=C\C=C2/CCC[C@]3(C)[C@@H]([C@H](C)/C=C/C(=O)C4(C(O)C(F)(F)C(F)(F)C(F)(F)C(F)(F)F)CC4)CC[C@@H]23)CC(O[Si](C)(C)C(C)(C)C)CC1O[Si](C)(C)C(C)(C)C. The molecule has 59 heavy (non-hydrogen) atoms. The molecule has 0 amide bonds. The third-order valence-electron chi connectivity index (χ3n) is 15.3. The van der Waals surface area contributed by atoms with Gasteiger partial charge >= 0.3 is 23.9 Å². The van der Waals surface area contributed by atoms with Gasteiger partial charge in [0.2, 0.25) is 0 Å². The predicted molar refractivity (Wildman–Crippen MR) is 219 cm³/mol. The molecule has 0 bridgehead atoms. The van der Waals surface area contributed by atoms with Crippen molar-refractivity contribution in [2.45, 2.75) is 192 Å². The van der Waals surface area contributed by atoms with Gasteiger partial charge in [-0.05, 0) is 128 Å². The number of hydrogen-bond acceptors (Lipinski definition) is 4. The first-order valence-electron chi connectivity index (χ1n) is 21.0. The molecule has 0 radical (unpaired) electrons. The van der Waals surface area contributed by atoms with E-state index in [-0.39, 0.29) is 45.5 Å². The Morgan fingerprint density at radius 3 is 1.90 bits per heavy atom. The number of aliphatic hydroxyl groups is 1. The molecule has 7 atom stereocenters. The summed E-state index contributed by atoms with van der Waals surface area (Å²) in [6, 6.07) is 0. The second kappa shape index (κ2) is 16.1. The van der Waals surface area contributed by atoms with Gasteiger partial charge in [0.25, 0.3) is 0 Å². The molecule has 0 aliphatic heterocycles. The van der Waals surface area contributed by atoms with Gasteiger partial charge in [0.1, 0.15) is 6.10 Å². The smallest absolute Gasteiger partial charge is 0.413 e. The molecule has 0 heterocycles. The van der Waals surface area contributed by atoms with Crippen LogP contribution in [-0.4, -0.2) is 69.8 Å². The van der Waals surface area contributed by atoms with E-state index in [1.165, 1.54) is 11.6 Å². The van der Waals surface area contributed by atoms with Crippen LogP contribution in [0.5, 0.6) is 0 Å². The van der Waals surface area contributed by atoms with Gasteiger partial charge in [0, 0.05) is 6.42 Å². The van der Waals surface area contributed by atoms with Crippen LogP contribution >= 0.6 is 0 Å². The number of aliphatic hydroxyl groups excluding tert-OH is 1. The number of rotatable bonds is 13. The Balaban J connectivity index is 1.55. The van der Waals surface area contributed by atoms with Gasteiger partial charge in [0.05, 0.1) is 17.6 Å². The first-order chi connectivity index (χ1) is 26.4. The van der Waals surface area contributed by atoms with E-state index in [0.717, 1.165) is 62.2 Å². The molecule has 4 saturated carbocycles. The lowest BCUT2D eigenvalue weighted by Gasteiger charge is -2.45. The first-order valence-corrected chi connectivity index (χ1v) is 26.8. The summed E-state index contributed by atoms with van der Waals surface area (Å²) in [5, 5.41) is 10.3. The summed E-state index contributed by atoms with van der Waals surface area (Å²) in [4.78, 5) is 13.2. The maximum Gasteiger partial charge on any atom is 0.460 e. The molecule has 0 aromatic carbocycles. The van der Waals surface area contributed by atoms with Gasteiger partial charge in [0.15, 0.2) is 22.4 Å². The number of allylic oxidation sites excluding steroid dienone is 5. The lowest BCUT2D eigenvalue weighted by molar-refractivity contribution is -0.408. The zero-order valence-corrected chi connectivity index (χ0v) is 38.9. The largest absolute Gasteiger partial charge is 0.460 e. The molecule has 3 unspecified atom stereocenters. The van der Waals surface area contributed by atoms with E-state index in [4.69, 9.17) is 8.85 Å². The number of alkyl halides is 9. The van der Waals surface area contributed by atoms with Crippen LogP contribution in [0.1, 0.15) is 113 Å². The average molecular weight is 887 g/mol. The molecule has 4 nitrogen and oxygen atoms in total. The lowest BCUT2D eigenvalue weighted by atomic mass is 9.61. The second-order valence-corrected chi connectivity index (χ2v) is 30.8. The molecule has 15 heteroatoms. The number of ketones is 1. The number of carbonyl (C=O) groups excluding carboxylic acids is 1. The van der Waals surface area contributed by atoms with Crippen LogP contribution in [0.15, 0.2) is 47.6 Å². The highest BCUT2D eigenvalue weighted by Gasteiger charge is 2.85. The number of fused-ring (bicyclic) bond motifs is 1. The number of carbonyl (C=O) groups is 1.